The number of halogens is 2. The Bertz CT molecular complexity index is 2280. The number of likely N-dealkylation sites (N-methyl/N-ethyl adjacent to an activating group) is 1. The van der Waals surface area contributed by atoms with Crippen LogP contribution in [0.1, 0.15) is 79.8 Å². The highest BCUT2D eigenvalue weighted by Gasteiger charge is 2.45. The van der Waals surface area contributed by atoms with Gasteiger partial charge in [-0.15, -0.1) is 0 Å². The molecule has 5 aromatic rings. The van der Waals surface area contributed by atoms with Crippen LogP contribution in [0.5, 0.6) is 0 Å². The van der Waals surface area contributed by atoms with Gasteiger partial charge in [0.1, 0.15) is 11.4 Å². The summed E-state index contributed by atoms with van der Waals surface area (Å²) in [7, 11) is 1.57. The first-order chi connectivity index (χ1) is 28.2. The highest BCUT2D eigenvalue weighted by molar-refractivity contribution is 6.10. The lowest BCUT2D eigenvalue weighted by atomic mass is 9.91. The van der Waals surface area contributed by atoms with E-state index < -0.39 is 17.4 Å². The van der Waals surface area contributed by atoms with Crippen LogP contribution in [0.2, 0.25) is 0 Å². The van der Waals surface area contributed by atoms with E-state index in [1.807, 2.05) is 17.9 Å². The van der Waals surface area contributed by atoms with Crippen LogP contribution in [0, 0.1) is 5.82 Å². The Kier molecular flexibility index (Phi) is 10.5. The number of carbonyl (C=O) groups excluding carboxylic acids is 2. The molecule has 306 valence electrons. The van der Waals surface area contributed by atoms with Crippen LogP contribution in [0.15, 0.2) is 61.2 Å². The van der Waals surface area contributed by atoms with Crippen molar-refractivity contribution in [3.05, 3.63) is 78.1 Å². The molecule has 1 unspecified atom stereocenters. The van der Waals surface area contributed by atoms with E-state index in [1.165, 1.54) is 25.6 Å². The van der Waals surface area contributed by atoms with Gasteiger partial charge < -0.3 is 25.3 Å². The Morgan fingerprint density at radius 1 is 0.983 bits per heavy atom. The molecule has 2 amide bonds. The van der Waals surface area contributed by atoms with Gasteiger partial charge in [-0.1, -0.05) is 19.4 Å². The third kappa shape index (κ3) is 7.49. The predicted molar refractivity (Wildman–Crippen MR) is 221 cm³/mol. The van der Waals surface area contributed by atoms with Crippen molar-refractivity contribution in [2.24, 2.45) is 0 Å². The molecule has 4 fully saturated rings. The number of carbonyl (C=O) groups is 2. The van der Waals surface area contributed by atoms with Crippen molar-refractivity contribution in [1.82, 2.24) is 39.5 Å². The highest BCUT2D eigenvalue weighted by atomic mass is 19.1. The molecular formula is C43H53F2N11O2. The lowest BCUT2D eigenvalue weighted by molar-refractivity contribution is -0.122. The first-order valence-electron chi connectivity index (χ1n) is 21.0. The van der Waals surface area contributed by atoms with Gasteiger partial charge in [0, 0.05) is 81.0 Å². The van der Waals surface area contributed by atoms with Crippen LogP contribution in [-0.2, 0) is 4.79 Å². The third-order valence-corrected chi connectivity index (χ3v) is 12.9. The fourth-order valence-electron chi connectivity index (χ4n) is 9.53. The van der Waals surface area contributed by atoms with Crippen molar-refractivity contribution in [2.45, 2.75) is 75.5 Å². The summed E-state index contributed by atoms with van der Waals surface area (Å²) in [6.07, 6.45) is 13.5. The van der Waals surface area contributed by atoms with E-state index in [0.717, 1.165) is 80.6 Å². The highest BCUT2D eigenvalue weighted by Crippen LogP contribution is 2.38. The van der Waals surface area contributed by atoms with E-state index in [9.17, 15) is 9.59 Å². The molecule has 0 aliphatic carbocycles. The van der Waals surface area contributed by atoms with Crippen molar-refractivity contribution in [2.75, 3.05) is 81.1 Å². The van der Waals surface area contributed by atoms with Crippen LogP contribution in [-0.4, -0.2) is 124 Å². The number of anilines is 3. The van der Waals surface area contributed by atoms with E-state index in [1.54, 1.807) is 48.4 Å². The largest absolute Gasteiger partial charge is 0.370 e. The zero-order chi connectivity index (χ0) is 40.0. The van der Waals surface area contributed by atoms with E-state index in [2.05, 4.69) is 52.4 Å². The summed E-state index contributed by atoms with van der Waals surface area (Å²) < 4.78 is 34.9. The smallest absolute Gasteiger partial charge is 0.261 e. The number of likely N-dealkylation sites (tertiary alicyclic amines) is 2. The predicted octanol–water partition coefficient (Wildman–Crippen LogP) is 5.64. The summed E-state index contributed by atoms with van der Waals surface area (Å²) in [5.41, 5.74) is 3.16. The quantitative estimate of drug-likeness (QED) is 0.166. The van der Waals surface area contributed by atoms with Crippen LogP contribution < -0.4 is 20.4 Å². The number of benzene rings is 2. The Balaban J connectivity index is 0.854. The molecule has 4 aliphatic heterocycles. The molecule has 2 aromatic carbocycles. The minimum absolute atomic E-state index is 0.170. The number of alkyl halides is 1. The van der Waals surface area contributed by atoms with Gasteiger partial charge in [-0.2, -0.15) is 10.2 Å². The van der Waals surface area contributed by atoms with Gasteiger partial charge in [0.2, 0.25) is 5.91 Å². The number of fused-ring (bicyclic) bond motifs is 2. The minimum Gasteiger partial charge on any atom is -0.370 e. The van der Waals surface area contributed by atoms with Crippen LogP contribution in [0.3, 0.4) is 0 Å². The number of rotatable bonds is 12. The Morgan fingerprint density at radius 3 is 2.47 bits per heavy atom. The number of amides is 2. The summed E-state index contributed by atoms with van der Waals surface area (Å²) in [4.78, 5) is 39.6. The van der Waals surface area contributed by atoms with Gasteiger partial charge >= 0.3 is 0 Å². The van der Waals surface area contributed by atoms with Crippen LogP contribution in [0.4, 0.5) is 25.8 Å². The molecule has 58 heavy (non-hydrogen) atoms. The number of piperidine rings is 2. The lowest BCUT2D eigenvalue weighted by Crippen LogP contribution is -2.64. The maximum atomic E-state index is 16.0. The maximum absolute atomic E-state index is 16.0. The van der Waals surface area contributed by atoms with E-state index in [4.69, 9.17) is 5.10 Å². The second kappa shape index (κ2) is 15.9. The van der Waals surface area contributed by atoms with E-state index in [-0.39, 0.29) is 30.9 Å². The molecule has 0 saturated carbocycles. The second-order valence-electron chi connectivity index (χ2n) is 16.7. The Labute approximate surface area is 337 Å². The molecule has 4 aliphatic rings. The fourth-order valence-corrected chi connectivity index (χ4v) is 9.53. The third-order valence-electron chi connectivity index (χ3n) is 12.9. The standard InChI is InChI=1S/C43H53F2N11O2/c1-3-6-34(41(57)46-2)33-8-7-32(22-36(33)44)54-27-43(45,28-54)26-51-17-9-31(10-18-51)56-25-29-21-38(49-42(58)35-24-48-55-16-4-13-47-40(35)55)39(23-37(29)50-56)53-19-11-30(12-20-53)52-14-5-15-52/h4,7-8,13,16,21-25,30-31,34H,3,5-6,9-12,14-15,17-20,26-28H2,1-2H3,(H,46,57)(H,49,58). The molecule has 3 aromatic heterocycles. The molecule has 0 spiro atoms. The molecular weight excluding hydrogens is 741 g/mol. The summed E-state index contributed by atoms with van der Waals surface area (Å²) in [6, 6.07) is 11.6. The average Bonchev–Trinajstić information content (AvgIpc) is 3.83. The molecule has 13 nitrogen and oxygen atoms in total. The number of nitrogens with one attached hydrogen (secondary N) is 2. The zero-order valence-corrected chi connectivity index (χ0v) is 33.4. The fraction of sp³-hybridized carbons (Fsp3) is 0.512. The molecule has 9 rings (SSSR count). The topological polar surface area (TPSA) is 119 Å². The van der Waals surface area contributed by atoms with Crippen molar-refractivity contribution >= 4 is 45.4 Å². The van der Waals surface area contributed by atoms with Gasteiger partial charge in [0.15, 0.2) is 11.3 Å². The SMILES string of the molecule is CCCC(C(=O)NC)c1ccc(N2CC(F)(CN3CCC(n4cc5cc(NC(=O)c6cnn7cccnc67)c(N6CCC(N7CCC7)CC6)cc5n4)CC3)C2)cc1F. The Morgan fingerprint density at radius 2 is 1.76 bits per heavy atom. The summed E-state index contributed by atoms with van der Waals surface area (Å²) >= 11 is 0. The number of hydrogen-bond acceptors (Lipinski definition) is 9. The van der Waals surface area contributed by atoms with E-state index in [0.29, 0.717) is 41.5 Å². The molecule has 0 radical (unpaired) electrons. The molecule has 2 N–H and O–H groups in total. The molecule has 1 atom stereocenters. The van der Waals surface area contributed by atoms with Gasteiger partial charge in [-0.3, -0.25) is 19.2 Å². The maximum Gasteiger partial charge on any atom is 0.261 e. The average molecular weight is 794 g/mol. The minimum atomic E-state index is -1.38. The first kappa shape index (κ1) is 38.4. The van der Waals surface area contributed by atoms with Gasteiger partial charge in [-0.05, 0) is 81.9 Å². The van der Waals surface area contributed by atoms with Crippen molar-refractivity contribution in [1.29, 1.82) is 0 Å². The number of aromatic nitrogens is 5. The summed E-state index contributed by atoms with van der Waals surface area (Å²) in [6.45, 7) is 8.40. The van der Waals surface area contributed by atoms with Gasteiger partial charge in [-0.25, -0.2) is 18.3 Å². The Hall–Kier alpha value is -5.15. The van der Waals surface area contributed by atoms with Crippen molar-refractivity contribution in [3.8, 4) is 0 Å². The molecule has 7 heterocycles. The van der Waals surface area contributed by atoms with Crippen LogP contribution in [0.25, 0.3) is 16.6 Å². The van der Waals surface area contributed by atoms with Crippen molar-refractivity contribution < 1.29 is 18.4 Å². The normalized spacial score (nSPS) is 19.9. The second-order valence-corrected chi connectivity index (χ2v) is 16.7. The lowest BCUT2D eigenvalue weighted by Gasteiger charge is -2.48. The van der Waals surface area contributed by atoms with Crippen molar-refractivity contribution in [3.63, 3.8) is 0 Å². The number of hydrogen-bond donors (Lipinski definition) is 2. The molecule has 4 saturated heterocycles. The molecule has 15 heteroatoms. The monoisotopic (exact) mass is 793 g/mol. The van der Waals surface area contributed by atoms with E-state index >= 15 is 8.78 Å². The van der Waals surface area contributed by atoms with Gasteiger partial charge in [0.05, 0.1) is 48.1 Å². The van der Waals surface area contributed by atoms with Crippen LogP contribution >= 0.6 is 0 Å². The zero-order valence-electron chi connectivity index (χ0n) is 33.4. The first-order valence-corrected chi connectivity index (χ1v) is 21.0. The summed E-state index contributed by atoms with van der Waals surface area (Å²) in [5.74, 6) is -1.42. The number of nitrogens with zero attached hydrogens (tertiary/aromatic N) is 9. The van der Waals surface area contributed by atoms with Gasteiger partial charge in [0.25, 0.3) is 5.91 Å². The molecule has 0 bridgehead atoms. The summed E-state index contributed by atoms with van der Waals surface area (Å²) in [5, 5.41) is 16.2.